The fourth-order valence-electron chi connectivity index (χ4n) is 2.51. The quantitative estimate of drug-likeness (QED) is 0.873. The van der Waals surface area contributed by atoms with Crippen molar-refractivity contribution >= 4 is 5.69 Å². The van der Waals surface area contributed by atoms with Crippen LogP contribution in [0.5, 0.6) is 0 Å². The van der Waals surface area contributed by atoms with Crippen LogP contribution in [0.2, 0.25) is 0 Å². The van der Waals surface area contributed by atoms with Gasteiger partial charge in [0, 0.05) is 13.1 Å². The number of hydrogen-bond acceptors (Lipinski definition) is 3. The molecule has 3 heteroatoms. The highest BCUT2D eigenvalue weighted by Crippen LogP contribution is 2.31. The molecule has 0 saturated carbocycles. The number of anilines is 1. The predicted octanol–water partition coefficient (Wildman–Crippen LogP) is 3.15. The minimum atomic E-state index is -0.484. The van der Waals surface area contributed by atoms with Crippen molar-refractivity contribution in [2.75, 3.05) is 18.0 Å². The Labute approximate surface area is 110 Å². The van der Waals surface area contributed by atoms with E-state index in [9.17, 15) is 5.11 Å². The third kappa shape index (κ3) is 3.22. The lowest BCUT2D eigenvalue weighted by Crippen LogP contribution is -2.25. The lowest BCUT2D eigenvalue weighted by Gasteiger charge is -2.24. The molecule has 0 unspecified atom stereocenters. The maximum absolute atomic E-state index is 9.46. The number of aromatic nitrogens is 1. The third-order valence-corrected chi connectivity index (χ3v) is 3.90. The van der Waals surface area contributed by atoms with Gasteiger partial charge in [-0.1, -0.05) is 13.8 Å². The smallest absolute Gasteiger partial charge is 0.0931 e. The van der Waals surface area contributed by atoms with E-state index in [1.54, 1.807) is 6.92 Å². The first-order chi connectivity index (χ1) is 8.48. The number of rotatable bonds is 2. The van der Waals surface area contributed by atoms with E-state index in [4.69, 9.17) is 0 Å². The van der Waals surface area contributed by atoms with Crippen molar-refractivity contribution in [3.05, 3.63) is 24.0 Å². The number of aliphatic hydroxyl groups is 1. The van der Waals surface area contributed by atoms with Crippen molar-refractivity contribution in [2.24, 2.45) is 5.41 Å². The van der Waals surface area contributed by atoms with E-state index in [1.165, 1.54) is 24.9 Å². The first kappa shape index (κ1) is 13.3. The van der Waals surface area contributed by atoms with Gasteiger partial charge in [0.05, 0.1) is 23.7 Å². The Morgan fingerprint density at radius 3 is 2.67 bits per heavy atom. The molecule has 1 atom stereocenters. The van der Waals surface area contributed by atoms with Crippen LogP contribution in [0.1, 0.15) is 51.8 Å². The van der Waals surface area contributed by atoms with Gasteiger partial charge < -0.3 is 10.0 Å². The monoisotopic (exact) mass is 248 g/mol. The first-order valence-corrected chi connectivity index (χ1v) is 6.87. The summed E-state index contributed by atoms with van der Waals surface area (Å²) in [7, 11) is 0. The van der Waals surface area contributed by atoms with Gasteiger partial charge in [-0.2, -0.15) is 0 Å². The van der Waals surface area contributed by atoms with Crippen LogP contribution in [0.4, 0.5) is 5.69 Å². The minimum absolute atomic E-state index is 0.460. The first-order valence-electron chi connectivity index (χ1n) is 6.87. The molecule has 2 heterocycles. The maximum atomic E-state index is 9.46. The molecule has 18 heavy (non-hydrogen) atoms. The second kappa shape index (κ2) is 5.27. The topological polar surface area (TPSA) is 36.4 Å². The Kier molecular flexibility index (Phi) is 3.91. The second-order valence-corrected chi connectivity index (χ2v) is 6.12. The lowest BCUT2D eigenvalue weighted by atomic mass is 9.85. The zero-order valence-electron chi connectivity index (χ0n) is 11.7. The van der Waals surface area contributed by atoms with Gasteiger partial charge in [-0.05, 0) is 43.7 Å². The van der Waals surface area contributed by atoms with E-state index in [1.807, 2.05) is 12.3 Å². The summed E-state index contributed by atoms with van der Waals surface area (Å²) < 4.78 is 0. The molecule has 1 N–H and O–H groups in total. The zero-order valence-corrected chi connectivity index (χ0v) is 11.7. The van der Waals surface area contributed by atoms with Crippen LogP contribution in [0.15, 0.2) is 18.3 Å². The molecule has 1 aromatic rings. The van der Waals surface area contributed by atoms with Crippen molar-refractivity contribution in [3.8, 4) is 0 Å². The molecule has 0 aliphatic carbocycles. The van der Waals surface area contributed by atoms with Crippen LogP contribution in [0.25, 0.3) is 0 Å². The zero-order chi connectivity index (χ0) is 13.2. The normalized spacial score (nSPS) is 21.4. The van der Waals surface area contributed by atoms with Crippen LogP contribution in [-0.2, 0) is 0 Å². The number of hydrogen-bond donors (Lipinski definition) is 1. The molecule has 0 spiro atoms. The molecule has 0 radical (unpaired) electrons. The minimum Gasteiger partial charge on any atom is -0.387 e. The Balaban J connectivity index is 2.07. The molecule has 2 rings (SSSR count). The molecule has 1 fully saturated rings. The summed E-state index contributed by atoms with van der Waals surface area (Å²) in [5, 5.41) is 9.46. The molecule has 1 aliphatic rings. The Bertz CT molecular complexity index is 384. The summed E-state index contributed by atoms with van der Waals surface area (Å²) in [6, 6.07) is 4.00. The molecular formula is C15H24N2O. The van der Waals surface area contributed by atoms with Gasteiger partial charge in [0.2, 0.25) is 0 Å². The lowest BCUT2D eigenvalue weighted by molar-refractivity contribution is 0.194. The molecule has 0 bridgehead atoms. The van der Waals surface area contributed by atoms with Crippen molar-refractivity contribution in [1.29, 1.82) is 0 Å². The van der Waals surface area contributed by atoms with Crippen LogP contribution in [-0.4, -0.2) is 23.2 Å². The molecule has 0 aromatic carbocycles. The fraction of sp³-hybridized carbons (Fsp3) is 0.667. The summed E-state index contributed by atoms with van der Waals surface area (Å²) in [5.41, 5.74) is 2.38. The van der Waals surface area contributed by atoms with Gasteiger partial charge in [-0.3, -0.25) is 4.98 Å². The number of nitrogens with zero attached hydrogens (tertiary/aromatic N) is 2. The van der Waals surface area contributed by atoms with E-state index >= 15 is 0 Å². The van der Waals surface area contributed by atoms with E-state index in [0.29, 0.717) is 5.41 Å². The van der Waals surface area contributed by atoms with E-state index < -0.39 is 6.10 Å². The fourth-order valence-corrected chi connectivity index (χ4v) is 2.51. The van der Waals surface area contributed by atoms with E-state index in [0.717, 1.165) is 18.8 Å². The highest BCUT2D eigenvalue weighted by Gasteiger charge is 2.23. The van der Waals surface area contributed by atoms with Gasteiger partial charge in [-0.15, -0.1) is 0 Å². The Hall–Kier alpha value is -1.09. The van der Waals surface area contributed by atoms with E-state index in [2.05, 4.69) is 29.8 Å². The van der Waals surface area contributed by atoms with Crippen LogP contribution in [0.3, 0.4) is 0 Å². The molecule has 3 nitrogen and oxygen atoms in total. The molecule has 100 valence electrons. The van der Waals surface area contributed by atoms with E-state index in [-0.39, 0.29) is 0 Å². The Morgan fingerprint density at radius 2 is 2.06 bits per heavy atom. The maximum Gasteiger partial charge on any atom is 0.0931 e. The summed E-state index contributed by atoms with van der Waals surface area (Å²) in [6.45, 7) is 8.66. The summed E-state index contributed by atoms with van der Waals surface area (Å²) in [4.78, 5) is 6.74. The molecule has 1 saturated heterocycles. The average molecular weight is 248 g/mol. The van der Waals surface area contributed by atoms with Crippen LogP contribution < -0.4 is 4.90 Å². The predicted molar refractivity (Wildman–Crippen MR) is 74.7 cm³/mol. The Morgan fingerprint density at radius 1 is 1.28 bits per heavy atom. The third-order valence-electron chi connectivity index (χ3n) is 3.90. The van der Waals surface area contributed by atoms with Crippen molar-refractivity contribution in [3.63, 3.8) is 0 Å². The summed E-state index contributed by atoms with van der Waals surface area (Å²) in [5.74, 6) is 0. The molecule has 1 aromatic heterocycles. The van der Waals surface area contributed by atoms with Gasteiger partial charge in [0.15, 0.2) is 0 Å². The van der Waals surface area contributed by atoms with Crippen LogP contribution in [0, 0.1) is 5.41 Å². The molecule has 0 amide bonds. The second-order valence-electron chi connectivity index (χ2n) is 6.12. The average Bonchev–Trinajstić information content (AvgIpc) is 2.50. The number of pyridine rings is 1. The van der Waals surface area contributed by atoms with Crippen LogP contribution >= 0.6 is 0 Å². The standard InChI is InChI=1S/C15H24N2O/c1-12(18)14-6-5-13(11-16-14)17-9-4-7-15(2,3)8-10-17/h5-6,11-12,18H,4,7-10H2,1-3H3/t12-/m0/s1. The van der Waals surface area contributed by atoms with Gasteiger partial charge in [0.1, 0.15) is 0 Å². The largest absolute Gasteiger partial charge is 0.387 e. The SMILES string of the molecule is C[C@H](O)c1ccc(N2CCCC(C)(C)CC2)cn1. The van der Waals surface area contributed by atoms with Gasteiger partial charge in [0.25, 0.3) is 0 Å². The van der Waals surface area contributed by atoms with Gasteiger partial charge >= 0.3 is 0 Å². The highest BCUT2D eigenvalue weighted by molar-refractivity contribution is 5.44. The summed E-state index contributed by atoms with van der Waals surface area (Å²) >= 11 is 0. The molecular weight excluding hydrogens is 224 g/mol. The molecule has 1 aliphatic heterocycles. The number of aliphatic hydroxyl groups excluding tert-OH is 1. The highest BCUT2D eigenvalue weighted by atomic mass is 16.3. The van der Waals surface area contributed by atoms with Crippen molar-refractivity contribution in [1.82, 2.24) is 4.98 Å². The summed E-state index contributed by atoms with van der Waals surface area (Å²) in [6.07, 6.45) is 5.17. The van der Waals surface area contributed by atoms with Crippen molar-refractivity contribution < 1.29 is 5.11 Å². The van der Waals surface area contributed by atoms with Crippen molar-refractivity contribution in [2.45, 2.75) is 46.1 Å². The van der Waals surface area contributed by atoms with Gasteiger partial charge in [-0.25, -0.2) is 0 Å².